The maximum Gasteiger partial charge on any atom is 0.281 e. The van der Waals surface area contributed by atoms with E-state index in [-0.39, 0.29) is 34.4 Å². The van der Waals surface area contributed by atoms with Gasteiger partial charge in [-0.15, -0.1) is 5.10 Å². The predicted molar refractivity (Wildman–Crippen MR) is 165 cm³/mol. The van der Waals surface area contributed by atoms with Crippen LogP contribution in [0, 0.1) is 22.7 Å². The van der Waals surface area contributed by atoms with Gasteiger partial charge in [-0.3, -0.25) is 4.79 Å². The van der Waals surface area contributed by atoms with Crippen molar-refractivity contribution in [1.29, 1.82) is 0 Å². The first kappa shape index (κ1) is 30.1. The molecule has 0 aromatic carbocycles. The van der Waals surface area contributed by atoms with Crippen molar-refractivity contribution in [2.45, 2.75) is 75.5 Å². The Labute approximate surface area is 262 Å². The van der Waals surface area contributed by atoms with E-state index in [0.29, 0.717) is 35.6 Å². The number of aromatic nitrogens is 4. The van der Waals surface area contributed by atoms with Crippen LogP contribution in [0.25, 0.3) is 5.82 Å². The van der Waals surface area contributed by atoms with Crippen LogP contribution in [-0.4, -0.2) is 65.5 Å². The topological polar surface area (TPSA) is 140 Å². The fourth-order valence-corrected chi connectivity index (χ4v) is 8.76. The quantitative estimate of drug-likeness (QED) is 0.251. The number of rotatable bonds is 13. The lowest BCUT2D eigenvalue weighted by atomic mass is 9.93. The number of hydrogen-bond donors (Lipinski definition) is 3. The Kier molecular flexibility index (Phi) is 7.38. The Hall–Kier alpha value is -3.58. The molecule has 1 amide bonds. The molecule has 1 saturated heterocycles. The lowest BCUT2D eigenvalue weighted by Gasteiger charge is -2.18. The first-order valence-corrected chi connectivity index (χ1v) is 17.3. The number of sulfonamides is 1. The molecule has 13 heteroatoms. The molecule has 240 valence electrons. The van der Waals surface area contributed by atoms with E-state index in [4.69, 9.17) is 4.74 Å². The lowest BCUT2D eigenvalue weighted by Crippen LogP contribution is -2.31. The Morgan fingerprint density at radius 1 is 1.16 bits per heavy atom. The second kappa shape index (κ2) is 11.0. The van der Waals surface area contributed by atoms with Crippen molar-refractivity contribution < 1.29 is 22.3 Å². The van der Waals surface area contributed by atoms with Gasteiger partial charge in [0.2, 0.25) is 5.88 Å². The summed E-state index contributed by atoms with van der Waals surface area (Å²) < 4.78 is 50.0. The Morgan fingerprint density at radius 2 is 1.93 bits per heavy atom. The molecule has 4 fully saturated rings. The van der Waals surface area contributed by atoms with Crippen LogP contribution in [0.4, 0.5) is 10.2 Å². The standard InChI is InChI=1S/C32H40FN7O4S/c1-30(2)17-21(18-36-30)16-23(33)20-34-25-4-3-5-28(37-25)45(42,43)39-29(41)22-6-7-26(35-19-22)40-14-8-27(38-40)44-15-9-24-31(10-11-31)32(24)12-13-32/h3-8,14,19,21,23-24,36H,9-13,15-18,20H2,1-2H3,(H,34,37)(H,39,41). The van der Waals surface area contributed by atoms with Gasteiger partial charge in [-0.1, -0.05) is 6.07 Å². The van der Waals surface area contributed by atoms with Crippen molar-refractivity contribution in [1.82, 2.24) is 29.8 Å². The van der Waals surface area contributed by atoms with Gasteiger partial charge in [0.05, 0.1) is 12.2 Å². The normalized spacial score (nSPS) is 22.7. The molecule has 4 aliphatic rings. The van der Waals surface area contributed by atoms with E-state index in [1.165, 1.54) is 50.1 Å². The number of anilines is 1. The van der Waals surface area contributed by atoms with E-state index in [9.17, 15) is 17.6 Å². The van der Waals surface area contributed by atoms with E-state index in [1.54, 1.807) is 29.1 Å². The van der Waals surface area contributed by atoms with Gasteiger partial charge in [-0.2, -0.15) is 8.42 Å². The molecule has 3 saturated carbocycles. The van der Waals surface area contributed by atoms with E-state index >= 15 is 0 Å². The van der Waals surface area contributed by atoms with Crippen molar-refractivity contribution >= 4 is 21.7 Å². The van der Waals surface area contributed by atoms with Crippen LogP contribution in [0.15, 0.2) is 53.8 Å². The fourth-order valence-electron chi connectivity index (χ4n) is 7.81. The van der Waals surface area contributed by atoms with Gasteiger partial charge in [-0.25, -0.2) is 23.8 Å². The third-order valence-corrected chi connectivity index (χ3v) is 11.5. The number of alkyl halides is 1. The summed E-state index contributed by atoms with van der Waals surface area (Å²) in [5.74, 6) is 1.39. The molecule has 2 unspecified atom stereocenters. The van der Waals surface area contributed by atoms with Gasteiger partial charge in [-0.05, 0) is 112 Å². The molecule has 3 aliphatic carbocycles. The minimum atomic E-state index is -4.29. The highest BCUT2D eigenvalue weighted by Gasteiger charge is 2.85. The minimum absolute atomic E-state index is 0.00338. The first-order chi connectivity index (χ1) is 21.5. The van der Waals surface area contributed by atoms with Crippen LogP contribution in [0.5, 0.6) is 5.88 Å². The van der Waals surface area contributed by atoms with Crippen LogP contribution < -0.4 is 20.1 Å². The van der Waals surface area contributed by atoms with Gasteiger partial charge in [0.1, 0.15) is 12.0 Å². The highest BCUT2D eigenvalue weighted by molar-refractivity contribution is 7.90. The van der Waals surface area contributed by atoms with Crippen molar-refractivity contribution in [2.24, 2.45) is 22.7 Å². The number of hydrogen-bond acceptors (Lipinski definition) is 9. The molecule has 45 heavy (non-hydrogen) atoms. The van der Waals surface area contributed by atoms with Crippen LogP contribution in [0.1, 0.15) is 69.2 Å². The van der Waals surface area contributed by atoms with Crippen LogP contribution >= 0.6 is 0 Å². The van der Waals surface area contributed by atoms with Crippen molar-refractivity contribution in [3.05, 3.63) is 54.4 Å². The van der Waals surface area contributed by atoms with Crippen LogP contribution in [-0.2, 0) is 10.0 Å². The zero-order valence-electron chi connectivity index (χ0n) is 25.6. The molecule has 7 rings (SSSR count). The van der Waals surface area contributed by atoms with Gasteiger partial charge >= 0.3 is 0 Å². The summed E-state index contributed by atoms with van der Waals surface area (Å²) in [6.45, 7) is 5.63. The number of carbonyl (C=O) groups excluding carboxylic acids is 1. The van der Waals surface area contributed by atoms with E-state index in [0.717, 1.165) is 25.3 Å². The average Bonchev–Trinajstić information content (AvgIpc) is 3.96. The predicted octanol–water partition coefficient (Wildman–Crippen LogP) is 4.27. The molecule has 11 nitrogen and oxygen atoms in total. The molecule has 2 spiro atoms. The minimum Gasteiger partial charge on any atom is -0.477 e. The zero-order valence-corrected chi connectivity index (χ0v) is 26.4. The summed E-state index contributed by atoms with van der Waals surface area (Å²) in [4.78, 5) is 21.2. The third kappa shape index (κ3) is 6.04. The van der Waals surface area contributed by atoms with Gasteiger partial charge in [0.15, 0.2) is 10.8 Å². The maximum absolute atomic E-state index is 14.6. The fraction of sp³-hybridized carbons (Fsp3) is 0.562. The Bertz CT molecular complexity index is 1670. The van der Waals surface area contributed by atoms with Crippen LogP contribution in [0.2, 0.25) is 0 Å². The summed E-state index contributed by atoms with van der Waals surface area (Å²) in [5, 5.41) is 10.4. The smallest absolute Gasteiger partial charge is 0.281 e. The van der Waals surface area contributed by atoms with Gasteiger partial charge in [0.25, 0.3) is 15.9 Å². The number of halogens is 1. The summed E-state index contributed by atoms with van der Waals surface area (Å²) in [5.41, 5.74) is 1.39. The molecular formula is C32H40FN7O4S. The number of fused-ring (bicyclic) bond motifs is 1. The Morgan fingerprint density at radius 3 is 2.60 bits per heavy atom. The highest BCUT2D eigenvalue weighted by atomic mass is 32.2. The van der Waals surface area contributed by atoms with E-state index in [2.05, 4.69) is 39.5 Å². The monoisotopic (exact) mass is 637 g/mol. The number of nitrogens with one attached hydrogen (secondary N) is 3. The molecule has 4 heterocycles. The number of amides is 1. The number of pyridine rings is 2. The van der Waals surface area contributed by atoms with E-state index < -0.39 is 22.1 Å². The average molecular weight is 638 g/mol. The molecule has 0 radical (unpaired) electrons. The maximum atomic E-state index is 14.6. The highest BCUT2D eigenvalue weighted by Crippen LogP contribution is 2.93. The molecule has 0 bridgehead atoms. The summed E-state index contributed by atoms with van der Waals surface area (Å²) in [6, 6.07) is 9.15. The lowest BCUT2D eigenvalue weighted by molar-refractivity contribution is 0.0981. The first-order valence-electron chi connectivity index (χ1n) is 15.8. The van der Waals surface area contributed by atoms with Crippen molar-refractivity contribution in [3.8, 4) is 11.7 Å². The van der Waals surface area contributed by atoms with Crippen LogP contribution in [0.3, 0.4) is 0 Å². The number of carbonyl (C=O) groups is 1. The van der Waals surface area contributed by atoms with Crippen molar-refractivity contribution in [2.75, 3.05) is 25.0 Å². The number of ether oxygens (including phenoxy) is 1. The zero-order chi connectivity index (χ0) is 31.5. The summed E-state index contributed by atoms with van der Waals surface area (Å²) in [7, 11) is -4.29. The second-order valence-electron chi connectivity index (χ2n) is 13.9. The molecule has 2 atom stereocenters. The summed E-state index contributed by atoms with van der Waals surface area (Å²) >= 11 is 0. The largest absolute Gasteiger partial charge is 0.477 e. The van der Waals surface area contributed by atoms with Gasteiger partial charge in [0, 0.05) is 30.5 Å². The SMILES string of the molecule is CC1(C)CC(CC(F)CNc2cccc(S(=O)(=O)NC(=O)c3ccc(-n4ccc(OCCC5C6(CC6)C56CC6)n4)nc3)n2)CN1. The summed E-state index contributed by atoms with van der Waals surface area (Å²) in [6.07, 6.45) is 9.83. The number of nitrogens with zero attached hydrogens (tertiary/aromatic N) is 4. The molecular weight excluding hydrogens is 597 g/mol. The molecule has 3 N–H and O–H groups in total. The van der Waals surface area contributed by atoms with E-state index in [1.807, 2.05) is 4.72 Å². The van der Waals surface area contributed by atoms with Gasteiger partial charge < -0.3 is 15.4 Å². The third-order valence-electron chi connectivity index (χ3n) is 10.3. The molecule has 3 aromatic heterocycles. The molecule has 3 aromatic rings. The molecule has 1 aliphatic heterocycles. The van der Waals surface area contributed by atoms with Crippen molar-refractivity contribution in [3.63, 3.8) is 0 Å². The second-order valence-corrected chi connectivity index (χ2v) is 15.5. The Balaban J connectivity index is 0.897.